The first kappa shape index (κ1) is 29.1. The van der Waals surface area contributed by atoms with Crippen LogP contribution in [0.3, 0.4) is 0 Å². The minimum atomic E-state index is -0.807. The van der Waals surface area contributed by atoms with E-state index in [0.29, 0.717) is 70.1 Å². The zero-order chi connectivity index (χ0) is 29.8. The third kappa shape index (κ3) is 6.26. The Bertz CT molecular complexity index is 1670. The molecule has 0 atom stereocenters. The summed E-state index contributed by atoms with van der Waals surface area (Å²) < 4.78 is 26.7. The first-order chi connectivity index (χ1) is 20.2. The minimum Gasteiger partial charge on any atom is -0.506 e. The van der Waals surface area contributed by atoms with Crippen LogP contribution in [0, 0.1) is 27.6 Å². The second kappa shape index (κ2) is 12.7. The third-order valence-electron chi connectivity index (χ3n) is 7.20. The van der Waals surface area contributed by atoms with E-state index in [-0.39, 0.29) is 17.4 Å². The van der Waals surface area contributed by atoms with Crippen molar-refractivity contribution in [1.82, 2.24) is 4.98 Å². The zero-order valence-electron chi connectivity index (χ0n) is 22.8. The molecule has 3 aromatic carbocycles. The van der Waals surface area contributed by atoms with Gasteiger partial charge >= 0.3 is 6.09 Å². The van der Waals surface area contributed by atoms with Crippen LogP contribution >= 0.6 is 22.6 Å². The number of rotatable bonds is 7. The summed E-state index contributed by atoms with van der Waals surface area (Å²) >= 11 is 2.07. The van der Waals surface area contributed by atoms with Crippen LogP contribution in [-0.2, 0) is 11.3 Å². The summed E-state index contributed by atoms with van der Waals surface area (Å²) in [5, 5.41) is 20.9. The molecule has 0 aliphatic carbocycles. The number of nitrogens with two attached hydrogens (primary N) is 1. The Kier molecular flexibility index (Phi) is 8.77. The standard InChI is InChI=1S/C32H28FIN4O4/c1-19-7-8-21(16-26(19)41-18-20-5-3-2-4-6-20)27-29(22-9-10-23(17-35)25(33)15-22)37-31(28(34)30(27)39)38-13-11-24(12-14-38)42-32(36)40/h2-10,15-16,24H,11-14,18H2,1H3,(H2,36,40)(H,37,39). The number of aromatic hydroxyl groups is 1. The van der Waals surface area contributed by atoms with E-state index >= 15 is 0 Å². The molecule has 0 radical (unpaired) electrons. The van der Waals surface area contributed by atoms with E-state index in [2.05, 4.69) is 22.6 Å². The SMILES string of the molecule is Cc1ccc(-c2c(-c3ccc(C#N)c(F)c3)nc(N3CCC(OC(N)=O)CC3)c(I)c2O)cc1OCc1ccccc1. The number of primary amides is 1. The molecule has 4 aromatic rings. The van der Waals surface area contributed by atoms with Crippen molar-refractivity contribution in [3.63, 3.8) is 0 Å². The van der Waals surface area contributed by atoms with E-state index < -0.39 is 11.9 Å². The van der Waals surface area contributed by atoms with Gasteiger partial charge in [0.2, 0.25) is 0 Å². The largest absolute Gasteiger partial charge is 0.506 e. The van der Waals surface area contributed by atoms with Gasteiger partial charge in [-0.15, -0.1) is 0 Å². The summed E-state index contributed by atoms with van der Waals surface area (Å²) in [4.78, 5) is 18.2. The van der Waals surface area contributed by atoms with Gasteiger partial charge in [-0.3, -0.25) is 0 Å². The average Bonchev–Trinajstić information content (AvgIpc) is 2.99. The maximum Gasteiger partial charge on any atom is 0.404 e. The number of nitrogens with zero attached hydrogens (tertiary/aromatic N) is 3. The number of carbonyl (C=O) groups excluding carboxylic acids is 1. The van der Waals surface area contributed by atoms with Crippen molar-refractivity contribution >= 4 is 34.5 Å². The van der Waals surface area contributed by atoms with Crippen LogP contribution in [0.1, 0.15) is 29.5 Å². The number of ether oxygens (including phenoxy) is 2. The second-order valence-electron chi connectivity index (χ2n) is 10.0. The molecule has 0 spiro atoms. The number of piperidine rings is 1. The van der Waals surface area contributed by atoms with Gasteiger partial charge in [0.25, 0.3) is 0 Å². The van der Waals surface area contributed by atoms with Crippen LogP contribution in [0.15, 0.2) is 66.7 Å². The molecule has 2 heterocycles. The minimum absolute atomic E-state index is 0.00580. The predicted molar refractivity (Wildman–Crippen MR) is 166 cm³/mol. The molecule has 0 saturated carbocycles. The number of aryl methyl sites for hydroxylation is 1. The Morgan fingerprint density at radius 2 is 1.86 bits per heavy atom. The summed E-state index contributed by atoms with van der Waals surface area (Å²) in [6, 6.07) is 21.6. The number of anilines is 1. The lowest BCUT2D eigenvalue weighted by Crippen LogP contribution is -2.39. The molecular formula is C32H28FIN4O4. The fourth-order valence-electron chi connectivity index (χ4n) is 4.98. The number of nitriles is 1. The monoisotopic (exact) mass is 678 g/mol. The van der Waals surface area contributed by atoms with E-state index in [9.17, 15) is 19.6 Å². The van der Waals surface area contributed by atoms with Crippen molar-refractivity contribution in [3.8, 4) is 40.0 Å². The van der Waals surface area contributed by atoms with Crippen LogP contribution in [0.2, 0.25) is 0 Å². The first-order valence-corrected chi connectivity index (χ1v) is 14.4. The molecule has 1 aliphatic heterocycles. The fourth-order valence-corrected chi connectivity index (χ4v) is 5.71. The maximum atomic E-state index is 14.8. The highest BCUT2D eigenvalue weighted by Gasteiger charge is 2.28. The van der Waals surface area contributed by atoms with Crippen molar-refractivity contribution in [2.75, 3.05) is 18.0 Å². The topological polar surface area (TPSA) is 122 Å². The lowest BCUT2D eigenvalue weighted by Gasteiger charge is -2.33. The van der Waals surface area contributed by atoms with Gasteiger partial charge < -0.3 is 25.2 Å². The molecule has 3 N–H and O–H groups in total. The lowest BCUT2D eigenvalue weighted by molar-refractivity contribution is 0.0911. The fraction of sp³-hybridized carbons (Fsp3) is 0.219. The van der Waals surface area contributed by atoms with Crippen LogP contribution in [0.25, 0.3) is 22.4 Å². The molecule has 1 fully saturated rings. The highest BCUT2D eigenvalue weighted by atomic mass is 127. The molecule has 0 bridgehead atoms. The number of pyridine rings is 1. The molecule has 0 unspecified atom stereocenters. The van der Waals surface area contributed by atoms with E-state index in [1.54, 1.807) is 6.07 Å². The summed E-state index contributed by atoms with van der Waals surface area (Å²) in [7, 11) is 0. The number of amides is 1. The Labute approximate surface area is 256 Å². The highest BCUT2D eigenvalue weighted by molar-refractivity contribution is 14.1. The van der Waals surface area contributed by atoms with E-state index in [0.717, 1.165) is 11.1 Å². The molecule has 1 amide bonds. The van der Waals surface area contributed by atoms with Gasteiger partial charge in [0.1, 0.15) is 41.9 Å². The van der Waals surface area contributed by atoms with Gasteiger partial charge in [0.15, 0.2) is 0 Å². The van der Waals surface area contributed by atoms with Crippen LogP contribution in [0.4, 0.5) is 15.0 Å². The van der Waals surface area contributed by atoms with Crippen molar-refractivity contribution in [3.05, 3.63) is 92.8 Å². The van der Waals surface area contributed by atoms with Gasteiger partial charge in [-0.25, -0.2) is 14.2 Å². The maximum absolute atomic E-state index is 14.8. The molecule has 42 heavy (non-hydrogen) atoms. The summed E-state index contributed by atoms with van der Waals surface area (Å²) in [6.07, 6.45) is -0.00874. The van der Waals surface area contributed by atoms with Gasteiger partial charge in [-0.2, -0.15) is 5.26 Å². The van der Waals surface area contributed by atoms with Crippen LogP contribution in [0.5, 0.6) is 11.5 Å². The number of hydrogen-bond donors (Lipinski definition) is 2. The normalized spacial score (nSPS) is 13.4. The van der Waals surface area contributed by atoms with Gasteiger partial charge in [0.05, 0.1) is 20.4 Å². The molecule has 1 saturated heterocycles. The molecule has 10 heteroatoms. The lowest BCUT2D eigenvalue weighted by atomic mass is 9.96. The Hall–Kier alpha value is -4.37. The number of aromatic nitrogens is 1. The molecule has 5 rings (SSSR count). The summed E-state index contributed by atoms with van der Waals surface area (Å²) in [5.74, 6) is 0.487. The van der Waals surface area contributed by atoms with E-state index in [4.69, 9.17) is 20.2 Å². The number of benzene rings is 3. The number of halogens is 2. The van der Waals surface area contributed by atoms with E-state index in [1.807, 2.05) is 66.4 Å². The third-order valence-corrected chi connectivity index (χ3v) is 8.19. The molecule has 1 aromatic heterocycles. The molecule has 214 valence electrons. The van der Waals surface area contributed by atoms with Gasteiger partial charge in [0, 0.05) is 31.5 Å². The van der Waals surface area contributed by atoms with Crippen molar-refractivity contribution in [2.45, 2.75) is 32.5 Å². The smallest absolute Gasteiger partial charge is 0.404 e. The van der Waals surface area contributed by atoms with Crippen molar-refractivity contribution < 1.29 is 23.8 Å². The van der Waals surface area contributed by atoms with Crippen molar-refractivity contribution in [2.24, 2.45) is 5.73 Å². The molecule has 8 nitrogen and oxygen atoms in total. The molecule has 1 aliphatic rings. The average molecular weight is 679 g/mol. The molecular weight excluding hydrogens is 650 g/mol. The van der Waals surface area contributed by atoms with Gasteiger partial charge in [-0.05, 0) is 64.4 Å². The van der Waals surface area contributed by atoms with Crippen molar-refractivity contribution in [1.29, 1.82) is 5.26 Å². The first-order valence-electron chi connectivity index (χ1n) is 13.4. The second-order valence-corrected chi connectivity index (χ2v) is 11.1. The Morgan fingerprint density at radius 1 is 1.14 bits per heavy atom. The summed E-state index contributed by atoms with van der Waals surface area (Å²) in [6.45, 7) is 3.35. The van der Waals surface area contributed by atoms with E-state index in [1.165, 1.54) is 12.1 Å². The van der Waals surface area contributed by atoms with Gasteiger partial charge in [-0.1, -0.05) is 48.5 Å². The zero-order valence-corrected chi connectivity index (χ0v) is 25.0. The van der Waals surface area contributed by atoms with Crippen LogP contribution < -0.4 is 15.4 Å². The number of hydrogen-bond acceptors (Lipinski definition) is 7. The number of carbonyl (C=O) groups is 1. The van der Waals surface area contributed by atoms with Crippen LogP contribution in [-0.4, -0.2) is 35.4 Å². The summed E-state index contributed by atoms with van der Waals surface area (Å²) in [5.41, 5.74) is 8.88. The predicted octanol–water partition coefficient (Wildman–Crippen LogP) is 6.69. The highest BCUT2D eigenvalue weighted by Crippen LogP contribution is 2.45. The quantitative estimate of drug-likeness (QED) is 0.209. The Morgan fingerprint density at radius 3 is 2.52 bits per heavy atom. The Balaban J connectivity index is 1.58.